The predicted octanol–water partition coefficient (Wildman–Crippen LogP) is -2.95. The van der Waals surface area contributed by atoms with Gasteiger partial charge in [0.2, 0.25) is 0 Å². The lowest BCUT2D eigenvalue weighted by atomic mass is 10.3. The summed E-state index contributed by atoms with van der Waals surface area (Å²) in [7, 11) is 0. The molecule has 98 valence electrons. The lowest BCUT2D eigenvalue weighted by Crippen LogP contribution is -2.30. The van der Waals surface area contributed by atoms with Crippen LogP contribution in [0.3, 0.4) is 0 Å². The first kappa shape index (κ1) is 15.7. The molecule has 0 fully saturated rings. The van der Waals surface area contributed by atoms with Crippen molar-refractivity contribution in [3.05, 3.63) is 0 Å². The quantitative estimate of drug-likeness (QED) is 0.276. The third-order valence-corrected chi connectivity index (χ3v) is 1.72. The van der Waals surface area contributed by atoms with Gasteiger partial charge < -0.3 is 35.6 Å². The largest absolute Gasteiger partial charge is 0.394 e. The van der Waals surface area contributed by atoms with Crippen LogP contribution in [0.1, 0.15) is 0 Å². The van der Waals surface area contributed by atoms with Crippen LogP contribution in [0.25, 0.3) is 0 Å². The Morgan fingerprint density at radius 1 is 0.812 bits per heavy atom. The van der Waals surface area contributed by atoms with Crippen molar-refractivity contribution in [1.82, 2.24) is 0 Å². The first-order valence-electron chi connectivity index (χ1n) is 5.10. The smallest absolute Gasteiger partial charge is 0.101 e. The molecule has 0 rings (SSSR count). The van der Waals surface area contributed by atoms with Crippen LogP contribution in [-0.2, 0) is 9.47 Å². The van der Waals surface area contributed by atoms with Crippen LogP contribution in [0.4, 0.5) is 0 Å². The predicted molar refractivity (Wildman–Crippen MR) is 55.8 cm³/mol. The molecule has 7 nitrogen and oxygen atoms in total. The van der Waals surface area contributed by atoms with Crippen molar-refractivity contribution in [2.24, 2.45) is 5.73 Å². The van der Waals surface area contributed by atoms with Crippen molar-refractivity contribution in [2.75, 3.05) is 39.6 Å². The highest BCUT2D eigenvalue weighted by Gasteiger charge is 2.08. The van der Waals surface area contributed by atoms with Gasteiger partial charge in [0.25, 0.3) is 0 Å². The van der Waals surface area contributed by atoms with Crippen molar-refractivity contribution in [2.45, 2.75) is 18.3 Å². The summed E-state index contributed by atoms with van der Waals surface area (Å²) in [4.78, 5) is 0. The average molecular weight is 239 g/mol. The van der Waals surface area contributed by atoms with Crippen molar-refractivity contribution in [3.63, 3.8) is 0 Å². The van der Waals surface area contributed by atoms with E-state index in [9.17, 15) is 5.11 Å². The number of hydrogen-bond donors (Lipinski definition) is 5. The van der Waals surface area contributed by atoms with Gasteiger partial charge in [0.1, 0.15) is 12.2 Å². The van der Waals surface area contributed by atoms with E-state index in [1.807, 2.05) is 0 Å². The molecular weight excluding hydrogens is 218 g/mol. The monoisotopic (exact) mass is 239 g/mol. The molecule has 0 aliphatic heterocycles. The lowest BCUT2D eigenvalue weighted by molar-refractivity contribution is -0.0572. The Hall–Kier alpha value is -0.280. The Bertz CT molecular complexity index is 143. The first-order valence-corrected chi connectivity index (χ1v) is 5.10. The number of hydrogen-bond acceptors (Lipinski definition) is 7. The number of rotatable bonds is 10. The molecular formula is C9H21NO6. The zero-order valence-corrected chi connectivity index (χ0v) is 9.16. The van der Waals surface area contributed by atoms with E-state index in [4.69, 9.17) is 30.5 Å². The fourth-order valence-corrected chi connectivity index (χ4v) is 0.849. The minimum Gasteiger partial charge on any atom is -0.394 e. The zero-order chi connectivity index (χ0) is 12.4. The third-order valence-electron chi connectivity index (χ3n) is 1.72. The molecule has 16 heavy (non-hydrogen) atoms. The molecule has 0 saturated heterocycles. The molecule has 0 radical (unpaired) electrons. The molecule has 0 aliphatic carbocycles. The van der Waals surface area contributed by atoms with Crippen molar-refractivity contribution < 1.29 is 29.9 Å². The van der Waals surface area contributed by atoms with Gasteiger partial charge in [-0.15, -0.1) is 0 Å². The molecule has 0 heterocycles. The molecule has 0 aromatic carbocycles. The Labute approximate surface area is 94.4 Å². The van der Waals surface area contributed by atoms with Gasteiger partial charge in [-0.25, -0.2) is 0 Å². The van der Waals surface area contributed by atoms with E-state index in [1.165, 1.54) is 0 Å². The first-order chi connectivity index (χ1) is 7.60. The third kappa shape index (κ3) is 8.98. The average Bonchev–Trinajstić information content (AvgIpc) is 2.28. The van der Waals surface area contributed by atoms with Crippen LogP contribution in [0.5, 0.6) is 0 Å². The van der Waals surface area contributed by atoms with E-state index in [0.29, 0.717) is 0 Å². The molecule has 0 saturated carbocycles. The second-order valence-electron chi connectivity index (χ2n) is 3.45. The lowest BCUT2D eigenvalue weighted by Gasteiger charge is -2.14. The van der Waals surface area contributed by atoms with Gasteiger partial charge in [0.15, 0.2) is 0 Å². The molecule has 0 aromatic heterocycles. The molecule has 7 heteroatoms. The normalized spacial score (nSPS) is 17.1. The summed E-state index contributed by atoms with van der Waals surface area (Å²) in [6, 6.07) is 0. The number of aliphatic hydroxyl groups excluding tert-OH is 4. The molecule has 0 spiro atoms. The standard InChI is InChI=1S/C9H21NO6/c10-1-7(12)3-15-5-9(14)6-16-4-8(13)2-11/h7-9,11-14H,1-6,10H2. The van der Waals surface area contributed by atoms with Gasteiger partial charge in [0.05, 0.1) is 39.1 Å². The Kier molecular flexibility index (Phi) is 9.74. The number of ether oxygens (including phenoxy) is 2. The summed E-state index contributed by atoms with van der Waals surface area (Å²) >= 11 is 0. The van der Waals surface area contributed by atoms with E-state index in [-0.39, 0.29) is 39.6 Å². The van der Waals surface area contributed by atoms with Gasteiger partial charge >= 0.3 is 0 Å². The van der Waals surface area contributed by atoms with Crippen LogP contribution in [0.2, 0.25) is 0 Å². The fraction of sp³-hybridized carbons (Fsp3) is 1.00. The minimum absolute atomic E-state index is 0.00419. The van der Waals surface area contributed by atoms with E-state index in [2.05, 4.69) is 0 Å². The second kappa shape index (κ2) is 9.91. The van der Waals surface area contributed by atoms with Crippen LogP contribution in [-0.4, -0.2) is 78.3 Å². The molecule has 6 N–H and O–H groups in total. The van der Waals surface area contributed by atoms with Gasteiger partial charge in [0, 0.05) is 6.54 Å². The highest BCUT2D eigenvalue weighted by atomic mass is 16.5. The molecule has 0 aromatic rings. The molecule has 0 bridgehead atoms. The van der Waals surface area contributed by atoms with Crippen LogP contribution in [0.15, 0.2) is 0 Å². The summed E-state index contributed by atoms with van der Waals surface area (Å²) in [5.41, 5.74) is 5.15. The summed E-state index contributed by atoms with van der Waals surface area (Å²) in [5, 5.41) is 35.7. The SMILES string of the molecule is NCC(O)COCC(O)COCC(O)CO. The maximum Gasteiger partial charge on any atom is 0.101 e. The maximum atomic E-state index is 9.31. The van der Waals surface area contributed by atoms with E-state index >= 15 is 0 Å². The van der Waals surface area contributed by atoms with Gasteiger partial charge in [-0.2, -0.15) is 0 Å². The number of aliphatic hydroxyl groups is 4. The van der Waals surface area contributed by atoms with E-state index in [1.54, 1.807) is 0 Å². The van der Waals surface area contributed by atoms with Crippen LogP contribution >= 0.6 is 0 Å². The van der Waals surface area contributed by atoms with E-state index in [0.717, 1.165) is 0 Å². The van der Waals surface area contributed by atoms with Gasteiger partial charge in [-0.3, -0.25) is 0 Å². The Morgan fingerprint density at radius 3 is 1.69 bits per heavy atom. The highest BCUT2D eigenvalue weighted by molar-refractivity contribution is 4.57. The topological polar surface area (TPSA) is 125 Å². The van der Waals surface area contributed by atoms with Gasteiger partial charge in [-0.05, 0) is 0 Å². The highest BCUT2D eigenvalue weighted by Crippen LogP contribution is 1.91. The minimum atomic E-state index is -0.938. The molecule has 0 amide bonds. The van der Waals surface area contributed by atoms with Gasteiger partial charge in [-0.1, -0.05) is 0 Å². The van der Waals surface area contributed by atoms with E-state index < -0.39 is 18.3 Å². The molecule has 3 unspecified atom stereocenters. The van der Waals surface area contributed by atoms with Crippen LogP contribution in [0, 0.1) is 0 Å². The summed E-state index contributed by atoms with van der Waals surface area (Å²) in [6.45, 7) is -0.238. The summed E-state index contributed by atoms with van der Waals surface area (Å²) in [6.07, 6.45) is -2.51. The fourth-order valence-electron chi connectivity index (χ4n) is 0.849. The van der Waals surface area contributed by atoms with Crippen LogP contribution < -0.4 is 5.73 Å². The number of nitrogens with two attached hydrogens (primary N) is 1. The molecule has 3 atom stereocenters. The van der Waals surface area contributed by atoms with Crippen molar-refractivity contribution >= 4 is 0 Å². The van der Waals surface area contributed by atoms with Crippen molar-refractivity contribution in [3.8, 4) is 0 Å². The molecule has 0 aliphatic rings. The Balaban J connectivity index is 3.34. The summed E-state index contributed by atoms with van der Waals surface area (Å²) < 4.78 is 9.86. The zero-order valence-electron chi connectivity index (χ0n) is 9.16. The Morgan fingerprint density at radius 2 is 1.25 bits per heavy atom. The maximum absolute atomic E-state index is 9.31. The second-order valence-corrected chi connectivity index (χ2v) is 3.45. The van der Waals surface area contributed by atoms with Crippen molar-refractivity contribution in [1.29, 1.82) is 0 Å². The summed E-state index contributed by atoms with van der Waals surface area (Å²) in [5.74, 6) is 0.